The fourth-order valence-corrected chi connectivity index (χ4v) is 5.29. The molecule has 0 saturated carbocycles. The van der Waals surface area contributed by atoms with E-state index in [-0.39, 0.29) is 27.7 Å². The number of morpholine rings is 1. The number of rotatable bonds is 6. The standard InChI is InChI=1S/C19H24FN3O5S2/c1-13-11-23(12-14(2)28-13)19-8-7-15(9-18(19)20)22-30(26,27)17-6-4-5-16(10-17)29(24,25)21-3/h4-10,13-14,21-22H,11-12H2,1-3H3. The molecule has 3 rings (SSSR count). The molecule has 2 aromatic rings. The lowest BCUT2D eigenvalue weighted by atomic mass is 10.2. The van der Waals surface area contributed by atoms with Crippen LogP contribution in [0, 0.1) is 5.82 Å². The van der Waals surface area contributed by atoms with Gasteiger partial charge < -0.3 is 9.64 Å². The van der Waals surface area contributed by atoms with Crippen LogP contribution in [-0.4, -0.2) is 49.2 Å². The van der Waals surface area contributed by atoms with E-state index in [0.29, 0.717) is 18.8 Å². The average molecular weight is 458 g/mol. The van der Waals surface area contributed by atoms with E-state index in [4.69, 9.17) is 4.74 Å². The molecule has 0 aromatic heterocycles. The third-order valence-corrected chi connectivity index (χ3v) is 7.45. The van der Waals surface area contributed by atoms with Crippen LogP contribution in [-0.2, 0) is 24.8 Å². The number of hydrogen-bond donors (Lipinski definition) is 2. The van der Waals surface area contributed by atoms with Crippen LogP contribution in [0.25, 0.3) is 0 Å². The second kappa shape index (κ2) is 8.50. The first-order valence-corrected chi connectivity index (χ1v) is 12.2. The minimum Gasteiger partial charge on any atom is -0.372 e. The summed E-state index contributed by atoms with van der Waals surface area (Å²) in [5.74, 6) is -0.567. The molecule has 164 valence electrons. The van der Waals surface area contributed by atoms with Gasteiger partial charge in [-0.25, -0.2) is 25.9 Å². The van der Waals surface area contributed by atoms with Gasteiger partial charge in [-0.1, -0.05) is 6.07 Å². The Morgan fingerprint density at radius 3 is 2.13 bits per heavy atom. The van der Waals surface area contributed by atoms with E-state index >= 15 is 0 Å². The molecule has 0 aliphatic carbocycles. The SMILES string of the molecule is CNS(=O)(=O)c1cccc(S(=O)(=O)Nc2ccc(N3CC(C)OC(C)C3)c(F)c2)c1. The minimum atomic E-state index is -4.12. The number of sulfonamides is 2. The third kappa shape index (κ3) is 4.91. The van der Waals surface area contributed by atoms with E-state index in [2.05, 4.69) is 9.44 Å². The highest BCUT2D eigenvalue weighted by Gasteiger charge is 2.25. The Balaban J connectivity index is 1.84. The van der Waals surface area contributed by atoms with Crippen LogP contribution < -0.4 is 14.3 Å². The third-order valence-electron chi connectivity index (χ3n) is 4.66. The highest BCUT2D eigenvalue weighted by Crippen LogP contribution is 2.27. The summed E-state index contributed by atoms with van der Waals surface area (Å²) in [6.45, 7) is 4.87. The van der Waals surface area contributed by atoms with E-state index in [1.807, 2.05) is 18.7 Å². The van der Waals surface area contributed by atoms with Crippen LogP contribution in [0.15, 0.2) is 52.3 Å². The predicted octanol–water partition coefficient (Wildman–Crippen LogP) is 2.15. The van der Waals surface area contributed by atoms with Gasteiger partial charge in [0.15, 0.2) is 0 Å². The van der Waals surface area contributed by atoms with Gasteiger partial charge in [0.2, 0.25) is 10.0 Å². The number of nitrogens with zero attached hydrogens (tertiary/aromatic N) is 1. The molecule has 1 heterocycles. The van der Waals surface area contributed by atoms with Crippen LogP contribution in [0.1, 0.15) is 13.8 Å². The van der Waals surface area contributed by atoms with Gasteiger partial charge in [0.05, 0.1) is 33.4 Å². The number of halogens is 1. The Bertz CT molecular complexity index is 1130. The molecule has 0 radical (unpaired) electrons. The lowest BCUT2D eigenvalue weighted by molar-refractivity contribution is -0.00539. The maximum atomic E-state index is 14.7. The predicted molar refractivity (Wildman–Crippen MR) is 112 cm³/mol. The first-order valence-electron chi connectivity index (χ1n) is 9.28. The highest BCUT2D eigenvalue weighted by molar-refractivity contribution is 7.93. The van der Waals surface area contributed by atoms with Crippen molar-refractivity contribution in [3.05, 3.63) is 48.3 Å². The summed E-state index contributed by atoms with van der Waals surface area (Å²) in [5.41, 5.74) is 0.398. The molecule has 2 atom stereocenters. The normalized spacial score (nSPS) is 20.2. The van der Waals surface area contributed by atoms with Crippen molar-refractivity contribution < 1.29 is 26.0 Å². The first kappa shape index (κ1) is 22.5. The molecule has 1 aliphatic rings. The number of anilines is 2. The zero-order valence-corrected chi connectivity index (χ0v) is 18.4. The van der Waals surface area contributed by atoms with Crippen molar-refractivity contribution in [2.45, 2.75) is 35.8 Å². The fourth-order valence-electron chi connectivity index (χ4n) is 3.34. The second-order valence-electron chi connectivity index (χ2n) is 7.12. The van der Waals surface area contributed by atoms with Gasteiger partial charge in [0.25, 0.3) is 10.0 Å². The molecule has 0 amide bonds. The van der Waals surface area contributed by atoms with Crippen molar-refractivity contribution in [1.29, 1.82) is 0 Å². The Kier molecular flexibility index (Phi) is 6.37. The van der Waals surface area contributed by atoms with Gasteiger partial charge in [0, 0.05) is 19.2 Å². The molecule has 0 bridgehead atoms. The van der Waals surface area contributed by atoms with Gasteiger partial charge in [-0.15, -0.1) is 0 Å². The Morgan fingerprint density at radius 1 is 0.967 bits per heavy atom. The van der Waals surface area contributed by atoms with Crippen molar-refractivity contribution >= 4 is 31.4 Å². The fraction of sp³-hybridized carbons (Fsp3) is 0.368. The van der Waals surface area contributed by atoms with Gasteiger partial charge in [0.1, 0.15) is 5.82 Å². The molecule has 2 unspecified atom stereocenters. The maximum absolute atomic E-state index is 14.7. The molecule has 8 nitrogen and oxygen atoms in total. The maximum Gasteiger partial charge on any atom is 0.261 e. The molecule has 11 heteroatoms. The van der Waals surface area contributed by atoms with Crippen molar-refractivity contribution in [3.63, 3.8) is 0 Å². The van der Waals surface area contributed by atoms with Crippen molar-refractivity contribution in [1.82, 2.24) is 4.72 Å². The number of benzene rings is 2. The summed E-state index contributed by atoms with van der Waals surface area (Å²) >= 11 is 0. The number of ether oxygens (including phenoxy) is 1. The summed E-state index contributed by atoms with van der Waals surface area (Å²) < 4.78 is 74.0. The smallest absolute Gasteiger partial charge is 0.261 e. The monoisotopic (exact) mass is 457 g/mol. The van der Waals surface area contributed by atoms with Crippen LogP contribution in [0.4, 0.5) is 15.8 Å². The van der Waals surface area contributed by atoms with E-state index in [1.165, 1.54) is 37.4 Å². The summed E-state index contributed by atoms with van der Waals surface area (Å²) in [6.07, 6.45) is -0.0972. The number of hydrogen-bond acceptors (Lipinski definition) is 6. The topological polar surface area (TPSA) is 105 Å². The van der Waals surface area contributed by atoms with Crippen molar-refractivity contribution in [2.24, 2.45) is 0 Å². The first-order chi connectivity index (χ1) is 14.0. The van der Waals surface area contributed by atoms with Crippen LogP contribution in [0.5, 0.6) is 0 Å². The minimum absolute atomic E-state index is 0.0347. The molecule has 1 fully saturated rings. The molecule has 1 aliphatic heterocycles. The second-order valence-corrected chi connectivity index (χ2v) is 10.7. The lowest BCUT2D eigenvalue weighted by Crippen LogP contribution is -2.45. The molecular formula is C19H24FN3O5S2. The molecule has 30 heavy (non-hydrogen) atoms. The van der Waals surface area contributed by atoms with Crippen molar-refractivity contribution in [3.8, 4) is 0 Å². The summed E-state index contributed by atoms with van der Waals surface area (Å²) in [5, 5.41) is 0. The van der Waals surface area contributed by atoms with E-state index in [1.54, 1.807) is 0 Å². The molecule has 2 N–H and O–H groups in total. The molecule has 2 aromatic carbocycles. The summed E-state index contributed by atoms with van der Waals surface area (Å²) in [4.78, 5) is 1.42. The van der Waals surface area contributed by atoms with Gasteiger partial charge >= 0.3 is 0 Å². The van der Waals surface area contributed by atoms with Gasteiger partial charge in [-0.05, 0) is 51.2 Å². The summed E-state index contributed by atoms with van der Waals surface area (Å²) in [7, 11) is -6.69. The Morgan fingerprint density at radius 2 is 1.57 bits per heavy atom. The average Bonchev–Trinajstić information content (AvgIpc) is 2.67. The largest absolute Gasteiger partial charge is 0.372 e. The van der Waals surface area contributed by atoms with E-state index in [9.17, 15) is 21.2 Å². The molecular weight excluding hydrogens is 433 g/mol. The van der Waals surface area contributed by atoms with Gasteiger partial charge in [-0.2, -0.15) is 0 Å². The quantitative estimate of drug-likeness (QED) is 0.689. The summed E-state index contributed by atoms with van der Waals surface area (Å²) in [6, 6.07) is 8.99. The van der Waals surface area contributed by atoms with E-state index < -0.39 is 25.9 Å². The van der Waals surface area contributed by atoms with Crippen LogP contribution in [0.2, 0.25) is 0 Å². The molecule has 1 saturated heterocycles. The highest BCUT2D eigenvalue weighted by atomic mass is 32.2. The lowest BCUT2D eigenvalue weighted by Gasteiger charge is -2.37. The zero-order chi connectivity index (χ0) is 22.1. The van der Waals surface area contributed by atoms with Crippen molar-refractivity contribution in [2.75, 3.05) is 29.8 Å². The van der Waals surface area contributed by atoms with Crippen LogP contribution >= 0.6 is 0 Å². The Labute approximate surface area is 176 Å². The molecule has 0 spiro atoms. The van der Waals surface area contributed by atoms with Crippen LogP contribution in [0.3, 0.4) is 0 Å². The van der Waals surface area contributed by atoms with Gasteiger partial charge in [-0.3, -0.25) is 4.72 Å². The number of nitrogens with one attached hydrogen (secondary N) is 2. The Hall–Kier alpha value is -2.21. The van der Waals surface area contributed by atoms with E-state index in [0.717, 1.165) is 12.1 Å². The zero-order valence-electron chi connectivity index (χ0n) is 16.8.